The Kier molecular flexibility index (Phi) is 5.99. The molecule has 0 aliphatic heterocycles. The van der Waals surface area contributed by atoms with E-state index >= 15 is 0 Å². The first-order chi connectivity index (χ1) is 8.49. The molecule has 0 bridgehead atoms. The van der Waals surface area contributed by atoms with Crippen LogP contribution in [0.3, 0.4) is 0 Å². The highest BCUT2D eigenvalue weighted by molar-refractivity contribution is 6.41. The Morgan fingerprint density at radius 3 is 2.50 bits per heavy atom. The summed E-state index contributed by atoms with van der Waals surface area (Å²) in [6.07, 6.45) is 1.23. The van der Waals surface area contributed by atoms with E-state index in [9.17, 15) is 9.90 Å². The third-order valence-corrected chi connectivity index (χ3v) is 3.73. The highest BCUT2D eigenvalue weighted by Gasteiger charge is 2.17. The van der Waals surface area contributed by atoms with Gasteiger partial charge in [-0.25, -0.2) is 0 Å². The minimum Gasteiger partial charge on any atom is -0.391 e. The van der Waals surface area contributed by atoms with E-state index in [4.69, 9.17) is 23.2 Å². The first kappa shape index (κ1) is 15.3. The van der Waals surface area contributed by atoms with Crippen molar-refractivity contribution in [3.63, 3.8) is 0 Å². The average Bonchev–Trinajstić information content (AvgIpc) is 2.68. The van der Waals surface area contributed by atoms with E-state index < -0.39 is 6.10 Å². The van der Waals surface area contributed by atoms with E-state index in [0.29, 0.717) is 10.7 Å². The zero-order valence-electron chi connectivity index (χ0n) is 10.5. The Morgan fingerprint density at radius 1 is 1.44 bits per heavy atom. The van der Waals surface area contributed by atoms with Crippen molar-refractivity contribution < 1.29 is 9.90 Å². The quantitative estimate of drug-likeness (QED) is 0.755. The third-order valence-electron chi connectivity index (χ3n) is 3.03. The lowest BCUT2D eigenvalue weighted by Crippen LogP contribution is -2.36. The summed E-state index contributed by atoms with van der Waals surface area (Å²) in [6, 6.07) is 1.46. The van der Waals surface area contributed by atoms with Crippen LogP contribution in [0.5, 0.6) is 0 Å². The number of aromatic amines is 1. The van der Waals surface area contributed by atoms with Crippen molar-refractivity contribution in [1.29, 1.82) is 0 Å². The topological polar surface area (TPSA) is 65.1 Å². The molecule has 1 amide bonds. The minimum atomic E-state index is -0.537. The maximum absolute atomic E-state index is 11.7. The summed E-state index contributed by atoms with van der Waals surface area (Å²) in [5, 5.41) is 13.1. The Hall–Kier alpha value is -0.710. The van der Waals surface area contributed by atoms with Crippen LogP contribution >= 0.6 is 23.2 Å². The lowest BCUT2D eigenvalue weighted by Gasteiger charge is -2.20. The number of halogens is 2. The van der Waals surface area contributed by atoms with Crippen molar-refractivity contribution in [2.75, 3.05) is 6.54 Å². The molecule has 4 nitrogen and oxygen atoms in total. The van der Waals surface area contributed by atoms with Gasteiger partial charge in [-0.3, -0.25) is 4.79 Å². The SMILES string of the molecule is CCC(CC)C(O)CNC(=O)c1cc(Cl)c(Cl)[nH]1. The zero-order chi connectivity index (χ0) is 13.7. The summed E-state index contributed by atoms with van der Waals surface area (Å²) in [5.74, 6) is -0.130. The standard InChI is InChI=1S/C12H18Cl2N2O2/c1-3-7(4-2)10(17)6-15-12(18)9-5-8(13)11(14)16-9/h5,7,10,16-17H,3-4,6H2,1-2H3,(H,15,18). The number of aliphatic hydroxyl groups is 1. The number of hydrogen-bond donors (Lipinski definition) is 3. The van der Waals surface area contributed by atoms with Gasteiger partial charge in [0, 0.05) is 6.54 Å². The van der Waals surface area contributed by atoms with Crippen LogP contribution in [0.15, 0.2) is 6.07 Å². The number of nitrogens with one attached hydrogen (secondary N) is 2. The van der Waals surface area contributed by atoms with Crippen LogP contribution in [0, 0.1) is 5.92 Å². The third kappa shape index (κ3) is 3.90. The van der Waals surface area contributed by atoms with E-state index in [1.165, 1.54) is 6.07 Å². The molecule has 0 saturated heterocycles. The van der Waals surface area contributed by atoms with Gasteiger partial charge >= 0.3 is 0 Å². The van der Waals surface area contributed by atoms with Gasteiger partial charge in [0.2, 0.25) is 0 Å². The molecule has 0 aromatic carbocycles. The van der Waals surface area contributed by atoms with Crippen LogP contribution in [-0.4, -0.2) is 28.6 Å². The molecule has 0 spiro atoms. The summed E-state index contributed by atoms with van der Waals surface area (Å²) < 4.78 is 0. The number of aromatic nitrogens is 1. The Morgan fingerprint density at radius 2 is 2.06 bits per heavy atom. The fraction of sp³-hybridized carbons (Fsp3) is 0.583. The summed E-state index contributed by atoms with van der Waals surface area (Å²) in [4.78, 5) is 14.4. The number of H-pyrrole nitrogens is 1. The normalized spacial score (nSPS) is 12.8. The number of rotatable bonds is 6. The molecule has 0 aliphatic carbocycles. The second-order valence-corrected chi connectivity index (χ2v) is 4.98. The molecule has 3 N–H and O–H groups in total. The minimum absolute atomic E-state index is 0.195. The van der Waals surface area contributed by atoms with Crippen molar-refractivity contribution in [3.05, 3.63) is 21.9 Å². The van der Waals surface area contributed by atoms with Gasteiger partial charge in [0.25, 0.3) is 5.91 Å². The molecular weight excluding hydrogens is 275 g/mol. The molecule has 1 atom stereocenters. The van der Waals surface area contributed by atoms with Gasteiger partial charge in [0.05, 0.1) is 11.1 Å². The lowest BCUT2D eigenvalue weighted by molar-refractivity contribution is 0.0813. The highest BCUT2D eigenvalue weighted by Crippen LogP contribution is 2.21. The van der Waals surface area contributed by atoms with Crippen molar-refractivity contribution >= 4 is 29.1 Å². The predicted molar refractivity (Wildman–Crippen MR) is 73.2 cm³/mol. The maximum Gasteiger partial charge on any atom is 0.267 e. The number of amides is 1. The molecule has 0 radical (unpaired) electrons. The monoisotopic (exact) mass is 292 g/mol. The molecule has 1 rings (SSSR count). The Bertz CT molecular complexity index is 383. The Balaban J connectivity index is 2.51. The van der Waals surface area contributed by atoms with E-state index in [1.807, 2.05) is 13.8 Å². The van der Waals surface area contributed by atoms with Crippen molar-refractivity contribution in [2.45, 2.75) is 32.8 Å². The van der Waals surface area contributed by atoms with Gasteiger partial charge in [0.15, 0.2) is 0 Å². The highest BCUT2D eigenvalue weighted by atomic mass is 35.5. The fourth-order valence-electron chi connectivity index (χ4n) is 1.82. The molecule has 1 aromatic rings. The average molecular weight is 293 g/mol. The van der Waals surface area contributed by atoms with Crippen LogP contribution in [-0.2, 0) is 0 Å². The van der Waals surface area contributed by atoms with Crippen molar-refractivity contribution in [3.8, 4) is 0 Å². The van der Waals surface area contributed by atoms with Crippen LogP contribution in [0.4, 0.5) is 0 Å². The van der Waals surface area contributed by atoms with Crippen LogP contribution in [0.25, 0.3) is 0 Å². The molecule has 0 aliphatic rings. The maximum atomic E-state index is 11.7. The molecule has 1 heterocycles. The summed E-state index contributed by atoms with van der Waals surface area (Å²) in [5.41, 5.74) is 0.293. The number of hydrogen-bond acceptors (Lipinski definition) is 2. The molecule has 6 heteroatoms. The first-order valence-corrected chi connectivity index (χ1v) is 6.75. The Labute approximate surface area is 117 Å². The van der Waals surface area contributed by atoms with E-state index in [1.54, 1.807) is 0 Å². The van der Waals surface area contributed by atoms with Gasteiger partial charge in [-0.2, -0.15) is 0 Å². The van der Waals surface area contributed by atoms with Gasteiger partial charge in [-0.05, 0) is 12.0 Å². The summed E-state index contributed by atoms with van der Waals surface area (Å²) in [7, 11) is 0. The fourth-order valence-corrected chi connectivity index (χ4v) is 2.13. The van der Waals surface area contributed by atoms with E-state index in [2.05, 4.69) is 10.3 Å². The molecule has 102 valence electrons. The van der Waals surface area contributed by atoms with Crippen LogP contribution in [0.1, 0.15) is 37.2 Å². The smallest absolute Gasteiger partial charge is 0.267 e. The molecule has 0 saturated carbocycles. The van der Waals surface area contributed by atoms with Crippen LogP contribution < -0.4 is 5.32 Å². The van der Waals surface area contributed by atoms with Gasteiger partial charge < -0.3 is 15.4 Å². The first-order valence-electron chi connectivity index (χ1n) is 5.99. The molecule has 18 heavy (non-hydrogen) atoms. The molecular formula is C12H18Cl2N2O2. The van der Waals surface area contributed by atoms with Crippen molar-refractivity contribution in [2.24, 2.45) is 5.92 Å². The van der Waals surface area contributed by atoms with E-state index in [0.717, 1.165) is 12.8 Å². The van der Waals surface area contributed by atoms with Gasteiger partial charge in [0.1, 0.15) is 10.8 Å². The number of carbonyl (C=O) groups is 1. The number of aliphatic hydroxyl groups excluding tert-OH is 1. The van der Waals surface area contributed by atoms with Gasteiger partial charge in [-0.15, -0.1) is 0 Å². The molecule has 1 aromatic heterocycles. The summed E-state index contributed by atoms with van der Waals surface area (Å²) in [6.45, 7) is 4.26. The molecule has 0 fully saturated rings. The largest absolute Gasteiger partial charge is 0.391 e. The van der Waals surface area contributed by atoms with Gasteiger partial charge in [-0.1, -0.05) is 49.9 Å². The number of carbonyl (C=O) groups excluding carboxylic acids is 1. The van der Waals surface area contributed by atoms with Crippen molar-refractivity contribution in [1.82, 2.24) is 10.3 Å². The molecule has 1 unspecified atom stereocenters. The van der Waals surface area contributed by atoms with E-state index in [-0.39, 0.29) is 23.5 Å². The lowest BCUT2D eigenvalue weighted by atomic mass is 9.96. The second kappa shape index (κ2) is 7.02. The zero-order valence-corrected chi connectivity index (χ0v) is 12.0. The summed E-state index contributed by atoms with van der Waals surface area (Å²) >= 11 is 11.5. The van der Waals surface area contributed by atoms with Crippen LogP contribution in [0.2, 0.25) is 10.2 Å². The predicted octanol–water partition coefficient (Wildman–Crippen LogP) is 2.85. The second-order valence-electron chi connectivity index (χ2n) is 4.20.